The summed E-state index contributed by atoms with van der Waals surface area (Å²) in [7, 11) is 0. The summed E-state index contributed by atoms with van der Waals surface area (Å²) >= 11 is 0. The molecule has 1 N–H and O–H groups in total. The Kier molecular flexibility index (Phi) is 3.42. The quantitative estimate of drug-likeness (QED) is 0.830. The summed E-state index contributed by atoms with van der Waals surface area (Å²) in [5, 5.41) is 11.8. The molecule has 0 saturated heterocycles. The van der Waals surface area contributed by atoms with Crippen molar-refractivity contribution in [2.24, 2.45) is 11.8 Å². The van der Waals surface area contributed by atoms with Crippen molar-refractivity contribution in [3.8, 4) is 0 Å². The Morgan fingerprint density at radius 3 is 2.69 bits per heavy atom. The number of nitrogens with zero attached hydrogens (tertiary/aromatic N) is 2. The highest BCUT2D eigenvalue weighted by Gasteiger charge is 2.26. The summed E-state index contributed by atoms with van der Waals surface area (Å²) in [6.45, 7) is 6.64. The molecule has 2 rings (SSSR count). The van der Waals surface area contributed by atoms with E-state index in [9.17, 15) is 0 Å². The molecular formula is C13H21N3. The highest BCUT2D eigenvalue weighted by Crippen LogP contribution is 2.31. The van der Waals surface area contributed by atoms with Gasteiger partial charge in [-0.25, -0.2) is 0 Å². The van der Waals surface area contributed by atoms with Crippen molar-refractivity contribution in [1.29, 1.82) is 0 Å². The van der Waals surface area contributed by atoms with E-state index in [0.29, 0.717) is 6.04 Å². The van der Waals surface area contributed by atoms with Crippen molar-refractivity contribution >= 4 is 5.82 Å². The van der Waals surface area contributed by atoms with Gasteiger partial charge in [-0.1, -0.05) is 26.7 Å². The maximum atomic E-state index is 4.17. The molecule has 1 fully saturated rings. The van der Waals surface area contributed by atoms with E-state index >= 15 is 0 Å². The van der Waals surface area contributed by atoms with Gasteiger partial charge in [0, 0.05) is 6.04 Å². The summed E-state index contributed by atoms with van der Waals surface area (Å²) in [5.41, 5.74) is 0.968. The zero-order chi connectivity index (χ0) is 11.5. The first-order valence-electron chi connectivity index (χ1n) is 6.23. The van der Waals surface area contributed by atoms with Crippen LogP contribution in [-0.2, 0) is 0 Å². The number of anilines is 1. The number of hydrogen-bond donors (Lipinski definition) is 1. The summed E-state index contributed by atoms with van der Waals surface area (Å²) in [6, 6.07) is 4.58. The topological polar surface area (TPSA) is 37.8 Å². The lowest BCUT2D eigenvalue weighted by molar-refractivity contribution is 0.252. The third kappa shape index (κ3) is 2.52. The van der Waals surface area contributed by atoms with Crippen molar-refractivity contribution in [3.05, 3.63) is 17.8 Å². The molecular weight excluding hydrogens is 198 g/mol. The zero-order valence-corrected chi connectivity index (χ0v) is 10.4. The first-order chi connectivity index (χ1) is 7.66. The Balaban J connectivity index is 2.00. The lowest BCUT2D eigenvalue weighted by Gasteiger charge is -2.34. The van der Waals surface area contributed by atoms with E-state index < -0.39 is 0 Å². The van der Waals surface area contributed by atoms with Crippen LogP contribution in [0.1, 0.15) is 38.8 Å². The molecule has 88 valence electrons. The molecule has 3 nitrogen and oxygen atoms in total. The third-order valence-electron chi connectivity index (χ3n) is 3.84. The Bertz CT molecular complexity index is 334. The standard InChI is InChI=1S/C13H21N3/c1-9-5-4-6-12(11(9)3)14-13-8-7-10(2)15-16-13/h7-9,11-12H,4-6H2,1-3H3,(H,14,16). The number of hydrogen-bond acceptors (Lipinski definition) is 3. The van der Waals surface area contributed by atoms with E-state index in [4.69, 9.17) is 0 Å². The van der Waals surface area contributed by atoms with E-state index in [1.54, 1.807) is 0 Å². The largest absolute Gasteiger partial charge is 0.366 e. The number of rotatable bonds is 2. The number of aryl methyl sites for hydroxylation is 1. The molecule has 3 heteroatoms. The van der Waals surface area contributed by atoms with E-state index in [1.807, 2.05) is 19.1 Å². The first kappa shape index (κ1) is 11.4. The van der Waals surface area contributed by atoms with Gasteiger partial charge in [-0.05, 0) is 37.3 Å². The van der Waals surface area contributed by atoms with E-state index in [2.05, 4.69) is 29.4 Å². The monoisotopic (exact) mass is 219 g/mol. The summed E-state index contributed by atoms with van der Waals surface area (Å²) in [5.74, 6) is 2.44. The fourth-order valence-corrected chi connectivity index (χ4v) is 2.45. The molecule has 0 amide bonds. The molecule has 16 heavy (non-hydrogen) atoms. The van der Waals surface area contributed by atoms with Gasteiger partial charge in [0.05, 0.1) is 5.69 Å². The SMILES string of the molecule is Cc1ccc(NC2CCCC(C)C2C)nn1. The van der Waals surface area contributed by atoms with Crippen LogP contribution < -0.4 is 5.32 Å². The van der Waals surface area contributed by atoms with Crippen LogP contribution >= 0.6 is 0 Å². The predicted molar refractivity (Wildman–Crippen MR) is 66.4 cm³/mol. The normalized spacial score (nSPS) is 30.1. The molecule has 1 heterocycles. The van der Waals surface area contributed by atoms with Gasteiger partial charge in [0.2, 0.25) is 0 Å². The first-order valence-corrected chi connectivity index (χ1v) is 6.23. The number of aromatic nitrogens is 2. The fraction of sp³-hybridized carbons (Fsp3) is 0.692. The van der Waals surface area contributed by atoms with E-state index in [0.717, 1.165) is 23.3 Å². The minimum absolute atomic E-state index is 0.556. The van der Waals surface area contributed by atoms with E-state index in [1.165, 1.54) is 19.3 Å². The van der Waals surface area contributed by atoms with Gasteiger partial charge in [0.1, 0.15) is 5.82 Å². The minimum atomic E-state index is 0.556. The van der Waals surface area contributed by atoms with Crippen LogP contribution in [0.25, 0.3) is 0 Å². The summed E-state index contributed by atoms with van der Waals surface area (Å²) < 4.78 is 0. The predicted octanol–water partition coefficient (Wildman–Crippen LogP) is 3.02. The Morgan fingerprint density at radius 2 is 2.00 bits per heavy atom. The van der Waals surface area contributed by atoms with Gasteiger partial charge in [-0.3, -0.25) is 0 Å². The maximum Gasteiger partial charge on any atom is 0.148 e. The lowest BCUT2D eigenvalue weighted by atomic mass is 9.78. The average Bonchev–Trinajstić information content (AvgIpc) is 2.28. The van der Waals surface area contributed by atoms with Crippen LogP contribution in [0.15, 0.2) is 12.1 Å². The summed E-state index contributed by atoms with van der Waals surface area (Å²) in [4.78, 5) is 0. The molecule has 0 bridgehead atoms. The Morgan fingerprint density at radius 1 is 1.19 bits per heavy atom. The second-order valence-electron chi connectivity index (χ2n) is 5.08. The van der Waals surface area contributed by atoms with Gasteiger partial charge >= 0.3 is 0 Å². The molecule has 1 aromatic rings. The molecule has 1 aliphatic rings. The smallest absolute Gasteiger partial charge is 0.148 e. The summed E-state index contributed by atoms with van der Waals surface area (Å²) in [6.07, 6.45) is 3.93. The second-order valence-corrected chi connectivity index (χ2v) is 5.08. The molecule has 1 aliphatic carbocycles. The fourth-order valence-electron chi connectivity index (χ4n) is 2.45. The van der Waals surface area contributed by atoms with E-state index in [-0.39, 0.29) is 0 Å². The molecule has 0 radical (unpaired) electrons. The lowest BCUT2D eigenvalue weighted by Crippen LogP contribution is -2.35. The van der Waals surface area contributed by atoms with Gasteiger partial charge in [0.25, 0.3) is 0 Å². The van der Waals surface area contributed by atoms with Gasteiger partial charge < -0.3 is 5.32 Å². The van der Waals surface area contributed by atoms with Crippen molar-refractivity contribution in [3.63, 3.8) is 0 Å². The maximum absolute atomic E-state index is 4.17. The average molecular weight is 219 g/mol. The zero-order valence-electron chi connectivity index (χ0n) is 10.4. The molecule has 1 saturated carbocycles. The third-order valence-corrected chi connectivity index (χ3v) is 3.84. The van der Waals surface area contributed by atoms with Crippen LogP contribution in [-0.4, -0.2) is 16.2 Å². The number of nitrogens with one attached hydrogen (secondary N) is 1. The van der Waals surface area contributed by atoms with Crippen molar-refractivity contribution in [1.82, 2.24) is 10.2 Å². The highest BCUT2D eigenvalue weighted by molar-refractivity contribution is 5.34. The van der Waals surface area contributed by atoms with Crippen LogP contribution in [0.4, 0.5) is 5.82 Å². The Hall–Kier alpha value is -1.12. The molecule has 3 atom stereocenters. The molecule has 0 aliphatic heterocycles. The minimum Gasteiger partial charge on any atom is -0.366 e. The molecule has 3 unspecified atom stereocenters. The van der Waals surface area contributed by atoms with Crippen molar-refractivity contribution in [2.45, 2.75) is 46.1 Å². The van der Waals surface area contributed by atoms with Crippen LogP contribution in [0.5, 0.6) is 0 Å². The van der Waals surface area contributed by atoms with Crippen molar-refractivity contribution < 1.29 is 0 Å². The van der Waals surface area contributed by atoms with Crippen LogP contribution in [0.2, 0.25) is 0 Å². The van der Waals surface area contributed by atoms with Crippen LogP contribution in [0.3, 0.4) is 0 Å². The molecule has 1 aromatic heterocycles. The van der Waals surface area contributed by atoms with Gasteiger partial charge in [-0.2, -0.15) is 5.10 Å². The second kappa shape index (κ2) is 4.81. The van der Waals surface area contributed by atoms with Crippen LogP contribution in [0, 0.1) is 18.8 Å². The highest BCUT2D eigenvalue weighted by atomic mass is 15.2. The van der Waals surface area contributed by atoms with Gasteiger partial charge in [0.15, 0.2) is 0 Å². The molecule has 0 spiro atoms. The molecule has 0 aromatic carbocycles. The van der Waals surface area contributed by atoms with Crippen molar-refractivity contribution in [2.75, 3.05) is 5.32 Å². The Labute approximate surface area is 97.7 Å². The van der Waals surface area contributed by atoms with Gasteiger partial charge in [-0.15, -0.1) is 5.10 Å².